The van der Waals surface area contributed by atoms with Crippen molar-refractivity contribution in [3.8, 4) is 0 Å². The molecule has 0 spiro atoms. The highest BCUT2D eigenvalue weighted by Crippen LogP contribution is 2.06. The summed E-state index contributed by atoms with van der Waals surface area (Å²) in [5.74, 6) is 0.860. The molecule has 0 bridgehead atoms. The molecule has 3 nitrogen and oxygen atoms in total. The van der Waals surface area contributed by atoms with Gasteiger partial charge in [0.2, 0.25) is 0 Å². The summed E-state index contributed by atoms with van der Waals surface area (Å²) in [6.45, 7) is 5.29. The normalized spacial score (nSPS) is 12.7. The Balaban J connectivity index is 2.53. The number of aromatic nitrogens is 2. The Morgan fingerprint density at radius 3 is 2.53 bits per heavy atom. The molecule has 1 rings (SSSR count). The molecule has 1 atom stereocenters. The van der Waals surface area contributed by atoms with Gasteiger partial charge in [0.15, 0.2) is 0 Å². The van der Waals surface area contributed by atoms with E-state index in [2.05, 4.69) is 29.1 Å². The second kappa shape index (κ2) is 6.75. The third-order valence-corrected chi connectivity index (χ3v) is 2.43. The highest BCUT2D eigenvalue weighted by molar-refractivity contribution is 6.30. The Hall–Kier alpha value is -0.670. The van der Waals surface area contributed by atoms with Gasteiger partial charge in [0.05, 0.1) is 5.02 Å². The van der Waals surface area contributed by atoms with Gasteiger partial charge in [-0.3, -0.25) is 0 Å². The molecule has 0 aliphatic carbocycles. The average molecular weight is 228 g/mol. The van der Waals surface area contributed by atoms with Crippen LogP contribution >= 0.6 is 11.6 Å². The van der Waals surface area contributed by atoms with Crippen LogP contribution in [0.15, 0.2) is 12.4 Å². The van der Waals surface area contributed by atoms with Crippen molar-refractivity contribution in [3.05, 3.63) is 23.2 Å². The number of nitrogens with one attached hydrogen (secondary N) is 1. The fraction of sp³-hybridized carbons (Fsp3) is 0.636. The molecule has 15 heavy (non-hydrogen) atoms. The smallest absolute Gasteiger partial charge is 0.129 e. The number of likely N-dealkylation sites (N-methyl/N-ethyl adjacent to an activating group) is 1. The summed E-state index contributed by atoms with van der Waals surface area (Å²) in [7, 11) is 0. The fourth-order valence-corrected chi connectivity index (χ4v) is 1.68. The van der Waals surface area contributed by atoms with Gasteiger partial charge in [-0.25, -0.2) is 9.97 Å². The van der Waals surface area contributed by atoms with E-state index >= 15 is 0 Å². The quantitative estimate of drug-likeness (QED) is 0.811. The molecule has 4 heteroatoms. The molecule has 1 unspecified atom stereocenters. The van der Waals surface area contributed by atoms with E-state index in [1.54, 1.807) is 12.4 Å². The van der Waals surface area contributed by atoms with Crippen LogP contribution < -0.4 is 5.32 Å². The first-order chi connectivity index (χ1) is 7.26. The summed E-state index contributed by atoms with van der Waals surface area (Å²) in [5, 5.41) is 4.03. The van der Waals surface area contributed by atoms with Gasteiger partial charge >= 0.3 is 0 Å². The summed E-state index contributed by atoms with van der Waals surface area (Å²) in [6, 6.07) is 0.473. The van der Waals surface area contributed by atoms with Crippen LogP contribution in [0, 0.1) is 0 Å². The lowest BCUT2D eigenvalue weighted by molar-refractivity contribution is 0.477. The molecule has 0 aliphatic rings. The first kappa shape index (κ1) is 12.4. The van der Waals surface area contributed by atoms with Crippen LogP contribution in [0.1, 0.15) is 32.5 Å². The van der Waals surface area contributed by atoms with Gasteiger partial charge in [-0.2, -0.15) is 0 Å². The Labute approximate surface area is 96.3 Å². The monoisotopic (exact) mass is 227 g/mol. The van der Waals surface area contributed by atoms with Crippen LogP contribution in [-0.4, -0.2) is 22.6 Å². The zero-order valence-electron chi connectivity index (χ0n) is 9.33. The van der Waals surface area contributed by atoms with E-state index in [4.69, 9.17) is 11.6 Å². The molecule has 0 amide bonds. The van der Waals surface area contributed by atoms with Crippen molar-refractivity contribution in [1.82, 2.24) is 15.3 Å². The standard InChI is InChI=1S/C11H18ClN3/c1-3-5-10(13-4-2)6-11-14-7-9(12)8-15-11/h7-8,10,13H,3-6H2,1-2H3. The highest BCUT2D eigenvalue weighted by atomic mass is 35.5. The number of halogens is 1. The number of hydrogen-bond acceptors (Lipinski definition) is 3. The van der Waals surface area contributed by atoms with Crippen LogP contribution in [0.5, 0.6) is 0 Å². The second-order valence-electron chi connectivity index (χ2n) is 3.56. The van der Waals surface area contributed by atoms with Gasteiger partial charge in [0.1, 0.15) is 5.82 Å². The van der Waals surface area contributed by atoms with Crippen LogP contribution in [0.4, 0.5) is 0 Å². The third-order valence-electron chi connectivity index (χ3n) is 2.23. The molecule has 0 saturated carbocycles. The second-order valence-corrected chi connectivity index (χ2v) is 4.00. The Bertz CT molecular complexity index is 268. The minimum Gasteiger partial charge on any atom is -0.314 e. The SMILES string of the molecule is CCCC(Cc1ncc(Cl)cn1)NCC. The maximum Gasteiger partial charge on any atom is 0.129 e. The van der Waals surface area contributed by atoms with Gasteiger partial charge in [-0.05, 0) is 13.0 Å². The van der Waals surface area contributed by atoms with Gasteiger partial charge in [0, 0.05) is 24.9 Å². The maximum atomic E-state index is 5.73. The van der Waals surface area contributed by atoms with Crippen LogP contribution in [-0.2, 0) is 6.42 Å². The number of hydrogen-bond donors (Lipinski definition) is 1. The van der Waals surface area contributed by atoms with Crippen molar-refractivity contribution < 1.29 is 0 Å². The van der Waals surface area contributed by atoms with Gasteiger partial charge in [-0.1, -0.05) is 31.9 Å². The summed E-state index contributed by atoms with van der Waals surface area (Å²) >= 11 is 5.73. The molecular weight excluding hydrogens is 210 g/mol. The molecular formula is C11H18ClN3. The largest absolute Gasteiger partial charge is 0.314 e. The lowest BCUT2D eigenvalue weighted by Gasteiger charge is -2.15. The minimum absolute atomic E-state index is 0.473. The average Bonchev–Trinajstić information content (AvgIpc) is 2.22. The van der Waals surface area contributed by atoms with Crippen LogP contribution in [0.2, 0.25) is 5.02 Å². The first-order valence-corrected chi connectivity index (χ1v) is 5.83. The molecule has 0 radical (unpaired) electrons. The molecule has 1 aromatic rings. The molecule has 0 saturated heterocycles. The van der Waals surface area contributed by atoms with E-state index in [9.17, 15) is 0 Å². The molecule has 1 heterocycles. The number of rotatable bonds is 6. The van der Waals surface area contributed by atoms with E-state index in [0.29, 0.717) is 11.1 Å². The zero-order valence-corrected chi connectivity index (χ0v) is 10.1. The predicted molar refractivity (Wildman–Crippen MR) is 63.1 cm³/mol. The van der Waals surface area contributed by atoms with Gasteiger partial charge in [-0.15, -0.1) is 0 Å². The van der Waals surface area contributed by atoms with E-state index in [1.165, 1.54) is 6.42 Å². The molecule has 84 valence electrons. The summed E-state index contributed by atoms with van der Waals surface area (Å²) in [4.78, 5) is 8.40. The lowest BCUT2D eigenvalue weighted by Crippen LogP contribution is -2.31. The third kappa shape index (κ3) is 4.58. The van der Waals surface area contributed by atoms with Crippen LogP contribution in [0.25, 0.3) is 0 Å². The van der Waals surface area contributed by atoms with E-state index in [0.717, 1.165) is 25.2 Å². The van der Waals surface area contributed by atoms with Crippen molar-refractivity contribution in [2.75, 3.05) is 6.54 Å². The molecule has 0 aromatic carbocycles. The Kier molecular flexibility index (Phi) is 5.58. The topological polar surface area (TPSA) is 37.8 Å². The van der Waals surface area contributed by atoms with Gasteiger partial charge in [0.25, 0.3) is 0 Å². The van der Waals surface area contributed by atoms with Crippen molar-refractivity contribution >= 4 is 11.6 Å². The molecule has 0 aliphatic heterocycles. The molecule has 1 N–H and O–H groups in total. The van der Waals surface area contributed by atoms with E-state index in [1.807, 2.05) is 0 Å². The molecule has 0 fully saturated rings. The van der Waals surface area contributed by atoms with Crippen molar-refractivity contribution in [2.24, 2.45) is 0 Å². The number of nitrogens with zero attached hydrogens (tertiary/aromatic N) is 2. The van der Waals surface area contributed by atoms with E-state index in [-0.39, 0.29) is 0 Å². The highest BCUT2D eigenvalue weighted by Gasteiger charge is 2.08. The van der Waals surface area contributed by atoms with Crippen molar-refractivity contribution in [3.63, 3.8) is 0 Å². The Morgan fingerprint density at radius 1 is 1.33 bits per heavy atom. The van der Waals surface area contributed by atoms with Crippen molar-refractivity contribution in [2.45, 2.75) is 39.2 Å². The first-order valence-electron chi connectivity index (χ1n) is 5.46. The van der Waals surface area contributed by atoms with Crippen molar-refractivity contribution in [1.29, 1.82) is 0 Å². The lowest BCUT2D eigenvalue weighted by atomic mass is 10.1. The summed E-state index contributed by atoms with van der Waals surface area (Å²) in [5.41, 5.74) is 0. The fourth-order valence-electron chi connectivity index (χ4n) is 1.58. The summed E-state index contributed by atoms with van der Waals surface area (Å²) < 4.78 is 0. The maximum absolute atomic E-state index is 5.73. The molecule has 1 aromatic heterocycles. The Morgan fingerprint density at radius 2 is 2.00 bits per heavy atom. The van der Waals surface area contributed by atoms with Crippen LogP contribution in [0.3, 0.4) is 0 Å². The predicted octanol–water partition coefficient (Wildman–Crippen LogP) is 2.45. The van der Waals surface area contributed by atoms with E-state index < -0.39 is 0 Å². The van der Waals surface area contributed by atoms with Gasteiger partial charge < -0.3 is 5.32 Å². The summed E-state index contributed by atoms with van der Waals surface area (Å²) in [6.07, 6.45) is 6.50. The minimum atomic E-state index is 0.473. The zero-order chi connectivity index (χ0) is 11.1.